The predicted molar refractivity (Wildman–Crippen MR) is 105 cm³/mol. The van der Waals surface area contributed by atoms with Gasteiger partial charge in [0.2, 0.25) is 11.9 Å². The third kappa shape index (κ3) is 4.03. The van der Waals surface area contributed by atoms with E-state index >= 15 is 0 Å². The molecule has 28 heavy (non-hydrogen) atoms. The van der Waals surface area contributed by atoms with E-state index in [4.69, 9.17) is 5.73 Å². The van der Waals surface area contributed by atoms with Crippen LogP contribution in [0.1, 0.15) is 43.8 Å². The van der Waals surface area contributed by atoms with Crippen LogP contribution in [0.15, 0.2) is 30.7 Å². The van der Waals surface area contributed by atoms with Gasteiger partial charge < -0.3 is 11.1 Å². The van der Waals surface area contributed by atoms with Crippen molar-refractivity contribution in [2.45, 2.75) is 51.6 Å². The number of aromatic nitrogens is 6. The Hall–Kier alpha value is -3.23. The lowest BCUT2D eigenvalue weighted by atomic mass is 9.96. The first-order chi connectivity index (χ1) is 13.6. The van der Waals surface area contributed by atoms with Crippen molar-refractivity contribution in [3.63, 3.8) is 0 Å². The van der Waals surface area contributed by atoms with Crippen molar-refractivity contribution in [3.05, 3.63) is 36.4 Å². The summed E-state index contributed by atoms with van der Waals surface area (Å²) in [6.07, 6.45) is 11.1. The Bertz CT molecular complexity index is 950. The Labute approximate surface area is 163 Å². The average Bonchev–Trinajstić information content (AvgIpc) is 3.31. The van der Waals surface area contributed by atoms with Crippen molar-refractivity contribution >= 4 is 17.7 Å². The monoisotopic (exact) mass is 380 g/mol. The summed E-state index contributed by atoms with van der Waals surface area (Å²) in [7, 11) is 0. The molecule has 9 nitrogen and oxygen atoms in total. The Balaban J connectivity index is 1.42. The molecule has 3 N–H and O–H groups in total. The van der Waals surface area contributed by atoms with Crippen molar-refractivity contribution < 1.29 is 4.79 Å². The molecule has 3 heterocycles. The summed E-state index contributed by atoms with van der Waals surface area (Å²) in [6.45, 7) is 1.96. The largest absolute Gasteiger partial charge is 0.368 e. The van der Waals surface area contributed by atoms with Gasteiger partial charge in [-0.2, -0.15) is 10.2 Å². The second-order valence-corrected chi connectivity index (χ2v) is 7.18. The lowest BCUT2D eigenvalue weighted by Gasteiger charge is -2.23. The number of carbonyl (C=O) groups excluding carboxylic acids is 1. The molecule has 4 rings (SSSR count). The first-order valence-electron chi connectivity index (χ1n) is 9.56. The van der Waals surface area contributed by atoms with E-state index in [0.717, 1.165) is 29.9 Å². The molecule has 0 aromatic carbocycles. The normalized spacial score (nSPS) is 14.9. The first kappa shape index (κ1) is 18.1. The van der Waals surface area contributed by atoms with Crippen LogP contribution < -0.4 is 11.1 Å². The van der Waals surface area contributed by atoms with Gasteiger partial charge in [-0.15, -0.1) is 0 Å². The molecule has 0 radical (unpaired) electrons. The molecule has 146 valence electrons. The van der Waals surface area contributed by atoms with Crippen LogP contribution in [0.3, 0.4) is 0 Å². The average molecular weight is 380 g/mol. The zero-order valence-corrected chi connectivity index (χ0v) is 15.9. The highest BCUT2D eigenvalue weighted by atomic mass is 16.2. The van der Waals surface area contributed by atoms with Gasteiger partial charge in [0.25, 0.3) is 0 Å². The highest BCUT2D eigenvalue weighted by Gasteiger charge is 2.19. The van der Waals surface area contributed by atoms with Gasteiger partial charge in [-0.1, -0.05) is 19.3 Å². The van der Waals surface area contributed by atoms with E-state index < -0.39 is 0 Å². The fraction of sp³-hybridized carbons (Fsp3) is 0.421. The molecule has 0 unspecified atom stereocenters. The molecule has 1 aliphatic carbocycles. The second kappa shape index (κ2) is 7.79. The number of nitrogen functional groups attached to an aromatic ring is 1. The number of nitrogens with two attached hydrogens (primary N) is 1. The maximum atomic E-state index is 12.5. The van der Waals surface area contributed by atoms with Gasteiger partial charge in [0.1, 0.15) is 12.4 Å². The first-order valence-corrected chi connectivity index (χ1v) is 9.56. The number of carbonyl (C=O) groups is 1. The zero-order chi connectivity index (χ0) is 19.5. The molecule has 3 aromatic heterocycles. The molecular formula is C19H24N8O. The van der Waals surface area contributed by atoms with Crippen LogP contribution in [-0.4, -0.2) is 35.4 Å². The topological polar surface area (TPSA) is 117 Å². The maximum Gasteiger partial charge on any atom is 0.247 e. The van der Waals surface area contributed by atoms with Crippen LogP contribution in [-0.2, 0) is 11.3 Å². The van der Waals surface area contributed by atoms with Crippen LogP contribution in [0.4, 0.5) is 11.8 Å². The van der Waals surface area contributed by atoms with Crippen LogP contribution in [0.2, 0.25) is 0 Å². The van der Waals surface area contributed by atoms with Crippen molar-refractivity contribution in [3.8, 4) is 11.3 Å². The lowest BCUT2D eigenvalue weighted by molar-refractivity contribution is -0.117. The van der Waals surface area contributed by atoms with E-state index in [1.165, 1.54) is 19.3 Å². The van der Waals surface area contributed by atoms with Crippen molar-refractivity contribution in [1.29, 1.82) is 0 Å². The number of hydrogen-bond acceptors (Lipinski definition) is 6. The van der Waals surface area contributed by atoms with Gasteiger partial charge in [0, 0.05) is 23.5 Å². The minimum atomic E-state index is -0.148. The predicted octanol–water partition coefficient (Wildman–Crippen LogP) is 2.57. The molecule has 0 bridgehead atoms. The zero-order valence-electron chi connectivity index (χ0n) is 15.9. The minimum absolute atomic E-state index is 0.107. The lowest BCUT2D eigenvalue weighted by Crippen LogP contribution is -2.23. The third-order valence-electron chi connectivity index (χ3n) is 4.96. The summed E-state index contributed by atoms with van der Waals surface area (Å²) < 4.78 is 3.53. The summed E-state index contributed by atoms with van der Waals surface area (Å²) in [5.41, 5.74) is 7.97. The van der Waals surface area contributed by atoms with Gasteiger partial charge in [-0.25, -0.2) is 14.6 Å². The van der Waals surface area contributed by atoms with Gasteiger partial charge in [-0.05, 0) is 25.8 Å². The number of hydrogen-bond donors (Lipinski definition) is 2. The number of rotatable bonds is 5. The van der Waals surface area contributed by atoms with E-state index in [1.54, 1.807) is 23.3 Å². The van der Waals surface area contributed by atoms with Gasteiger partial charge >= 0.3 is 0 Å². The SMILES string of the molecule is Cc1cc(-c2cnn(CC(=O)Nc3ccnn3C3CCCCC3)c2)nc(N)n1. The minimum Gasteiger partial charge on any atom is -0.368 e. The number of nitrogens with one attached hydrogen (secondary N) is 1. The molecule has 9 heteroatoms. The summed E-state index contributed by atoms with van der Waals surface area (Å²) in [4.78, 5) is 20.8. The van der Waals surface area contributed by atoms with Crippen molar-refractivity contribution in [2.75, 3.05) is 11.1 Å². The van der Waals surface area contributed by atoms with E-state index in [9.17, 15) is 4.79 Å². The smallest absolute Gasteiger partial charge is 0.247 e. The molecule has 1 aliphatic rings. The van der Waals surface area contributed by atoms with E-state index in [1.807, 2.05) is 23.7 Å². The van der Waals surface area contributed by atoms with Crippen LogP contribution >= 0.6 is 0 Å². The van der Waals surface area contributed by atoms with E-state index in [-0.39, 0.29) is 18.4 Å². The molecule has 1 fully saturated rings. The molecular weight excluding hydrogens is 356 g/mol. The number of nitrogens with zero attached hydrogens (tertiary/aromatic N) is 6. The fourth-order valence-corrected chi connectivity index (χ4v) is 3.68. The number of amides is 1. The summed E-state index contributed by atoms with van der Waals surface area (Å²) in [6, 6.07) is 4.04. The van der Waals surface area contributed by atoms with Crippen LogP contribution in [0, 0.1) is 6.92 Å². The molecule has 0 aliphatic heterocycles. The Morgan fingerprint density at radius 3 is 2.86 bits per heavy atom. The van der Waals surface area contributed by atoms with Crippen LogP contribution in [0.25, 0.3) is 11.3 Å². The third-order valence-corrected chi connectivity index (χ3v) is 4.96. The number of aryl methyl sites for hydroxylation is 1. The van der Waals surface area contributed by atoms with Gasteiger partial charge in [0.15, 0.2) is 0 Å². The maximum absolute atomic E-state index is 12.5. The Morgan fingerprint density at radius 2 is 2.07 bits per heavy atom. The second-order valence-electron chi connectivity index (χ2n) is 7.18. The summed E-state index contributed by atoms with van der Waals surface area (Å²) in [5.74, 6) is 0.811. The molecule has 0 saturated heterocycles. The van der Waals surface area contributed by atoms with Crippen molar-refractivity contribution in [1.82, 2.24) is 29.5 Å². The Morgan fingerprint density at radius 1 is 1.25 bits per heavy atom. The van der Waals surface area contributed by atoms with E-state index in [2.05, 4.69) is 25.5 Å². The number of anilines is 2. The highest BCUT2D eigenvalue weighted by Crippen LogP contribution is 2.29. The molecule has 1 saturated carbocycles. The Kier molecular flexibility index (Phi) is 5.05. The van der Waals surface area contributed by atoms with E-state index in [0.29, 0.717) is 11.7 Å². The fourth-order valence-electron chi connectivity index (χ4n) is 3.68. The molecule has 0 spiro atoms. The van der Waals surface area contributed by atoms with Gasteiger partial charge in [-0.3, -0.25) is 9.48 Å². The standard InChI is InChI=1S/C19H24N8O/c1-13-9-16(24-19(20)23-13)14-10-22-26(11-14)12-18(28)25-17-7-8-21-27(17)15-5-3-2-4-6-15/h7-11,15H,2-6,12H2,1H3,(H,25,28)(H2,20,23,24). The van der Waals surface area contributed by atoms with Gasteiger partial charge in [0.05, 0.1) is 24.1 Å². The molecule has 1 amide bonds. The summed E-state index contributed by atoms with van der Waals surface area (Å²) in [5, 5.41) is 11.6. The molecule has 0 atom stereocenters. The van der Waals surface area contributed by atoms with Crippen molar-refractivity contribution in [2.24, 2.45) is 0 Å². The molecule has 3 aromatic rings. The quantitative estimate of drug-likeness (QED) is 0.703. The summed E-state index contributed by atoms with van der Waals surface area (Å²) >= 11 is 0. The van der Waals surface area contributed by atoms with Crippen LogP contribution in [0.5, 0.6) is 0 Å². The highest BCUT2D eigenvalue weighted by molar-refractivity contribution is 5.89.